The molecule has 31 heavy (non-hydrogen) atoms. The Labute approximate surface area is 176 Å². The molecule has 1 aliphatic rings. The van der Waals surface area contributed by atoms with E-state index in [2.05, 4.69) is 0 Å². The molecule has 168 valence electrons. The van der Waals surface area contributed by atoms with Gasteiger partial charge in [-0.2, -0.15) is 13.2 Å². The quantitative estimate of drug-likeness (QED) is 0.404. The van der Waals surface area contributed by atoms with Gasteiger partial charge in [-0.15, -0.1) is 0 Å². The van der Waals surface area contributed by atoms with Gasteiger partial charge in [-0.3, -0.25) is 0 Å². The lowest BCUT2D eigenvalue weighted by Crippen LogP contribution is -2.15. The number of benzene rings is 2. The van der Waals surface area contributed by atoms with Crippen LogP contribution in [0.25, 0.3) is 5.83 Å². The molecule has 0 spiro atoms. The molecule has 0 atom stereocenters. The monoisotopic (exact) mass is 444 g/mol. The second-order valence-electron chi connectivity index (χ2n) is 8.00. The maximum absolute atomic E-state index is 14.1. The summed E-state index contributed by atoms with van der Waals surface area (Å²) >= 11 is 0. The van der Waals surface area contributed by atoms with Crippen molar-refractivity contribution in [3.63, 3.8) is 0 Å². The molecule has 3 rings (SSSR count). The number of hydrogen-bond donors (Lipinski definition) is 0. The Morgan fingerprint density at radius 2 is 1.32 bits per heavy atom. The van der Waals surface area contributed by atoms with Gasteiger partial charge < -0.3 is 0 Å². The van der Waals surface area contributed by atoms with Crippen molar-refractivity contribution in [3.05, 3.63) is 76.1 Å². The first-order chi connectivity index (χ1) is 14.6. The molecule has 0 aliphatic heterocycles. The molecule has 0 radical (unpaired) electrons. The van der Waals surface area contributed by atoms with Crippen molar-refractivity contribution in [2.24, 2.45) is 0 Å². The number of allylic oxidation sites excluding steroid dienone is 1. The van der Waals surface area contributed by atoms with E-state index in [1.807, 2.05) is 0 Å². The van der Waals surface area contributed by atoms with Crippen LogP contribution in [0.5, 0.6) is 0 Å². The Kier molecular flexibility index (Phi) is 7.12. The van der Waals surface area contributed by atoms with Crippen LogP contribution in [0.1, 0.15) is 79.5 Å². The van der Waals surface area contributed by atoms with E-state index >= 15 is 0 Å². The third-order valence-electron chi connectivity index (χ3n) is 5.89. The third kappa shape index (κ3) is 5.31. The minimum atomic E-state index is -5.08. The van der Waals surface area contributed by atoms with E-state index in [1.165, 1.54) is 12.1 Å². The fourth-order valence-corrected chi connectivity index (χ4v) is 4.25. The molecule has 1 fully saturated rings. The molecular weight excluding hydrogens is 421 g/mol. The van der Waals surface area contributed by atoms with Gasteiger partial charge in [-0.1, -0.05) is 31.2 Å². The van der Waals surface area contributed by atoms with Gasteiger partial charge in [0.15, 0.2) is 5.83 Å². The standard InChI is InChI=1S/C24H23F7/c1-2-3-19(25)23(28)17-10-8-15(9-11-17)14-4-6-16(7-5-14)18-12-20(26)22(21(27)13-18)24(29,30)31/h8-14,16H,2-7H2,1H3. The Bertz CT molecular complexity index is 910. The summed E-state index contributed by atoms with van der Waals surface area (Å²) in [4.78, 5) is 0. The predicted molar refractivity (Wildman–Crippen MR) is 106 cm³/mol. The fourth-order valence-electron chi connectivity index (χ4n) is 4.25. The molecule has 0 N–H and O–H groups in total. The Balaban J connectivity index is 1.68. The van der Waals surface area contributed by atoms with Gasteiger partial charge in [0.25, 0.3) is 0 Å². The molecule has 7 heteroatoms. The highest BCUT2D eigenvalue weighted by Gasteiger charge is 2.38. The zero-order chi connectivity index (χ0) is 22.8. The topological polar surface area (TPSA) is 0 Å². The summed E-state index contributed by atoms with van der Waals surface area (Å²) in [5.41, 5.74) is -0.494. The maximum atomic E-state index is 14.1. The van der Waals surface area contributed by atoms with Gasteiger partial charge in [0, 0.05) is 12.0 Å². The third-order valence-corrected chi connectivity index (χ3v) is 5.89. The molecule has 0 heterocycles. The zero-order valence-electron chi connectivity index (χ0n) is 17.0. The number of hydrogen-bond acceptors (Lipinski definition) is 0. The molecule has 1 aliphatic carbocycles. The summed E-state index contributed by atoms with van der Waals surface area (Å²) in [6.07, 6.45) is -2.04. The lowest BCUT2D eigenvalue weighted by molar-refractivity contribution is -0.142. The Hall–Kier alpha value is -2.31. The first-order valence-corrected chi connectivity index (χ1v) is 10.3. The predicted octanol–water partition coefficient (Wildman–Crippen LogP) is 8.83. The molecule has 2 aromatic carbocycles. The van der Waals surface area contributed by atoms with Gasteiger partial charge in [-0.25, -0.2) is 17.6 Å². The summed E-state index contributed by atoms with van der Waals surface area (Å²) in [6, 6.07) is 8.13. The molecule has 0 bridgehead atoms. The fraction of sp³-hybridized carbons (Fsp3) is 0.417. The second-order valence-corrected chi connectivity index (χ2v) is 8.00. The number of halogens is 7. The zero-order valence-corrected chi connectivity index (χ0v) is 17.0. The summed E-state index contributed by atoms with van der Waals surface area (Å²) in [6.45, 7) is 1.76. The van der Waals surface area contributed by atoms with Crippen LogP contribution in [-0.2, 0) is 6.18 Å². The van der Waals surface area contributed by atoms with Gasteiger partial charge in [0.2, 0.25) is 0 Å². The second kappa shape index (κ2) is 9.45. The number of rotatable bonds is 5. The van der Waals surface area contributed by atoms with E-state index in [4.69, 9.17) is 0 Å². The summed E-state index contributed by atoms with van der Waals surface area (Å²) in [5.74, 6) is -4.90. The van der Waals surface area contributed by atoms with Gasteiger partial charge in [0.05, 0.1) is 0 Å². The van der Waals surface area contributed by atoms with Crippen LogP contribution in [0.2, 0.25) is 0 Å². The molecule has 0 aromatic heterocycles. The van der Waals surface area contributed by atoms with Crippen molar-refractivity contribution in [1.29, 1.82) is 0 Å². The minimum Gasteiger partial charge on any atom is -0.209 e. The van der Waals surface area contributed by atoms with E-state index in [0.717, 1.165) is 17.7 Å². The highest BCUT2D eigenvalue weighted by atomic mass is 19.4. The Morgan fingerprint density at radius 3 is 1.77 bits per heavy atom. The van der Waals surface area contributed by atoms with Gasteiger partial charge in [0.1, 0.15) is 23.0 Å². The Morgan fingerprint density at radius 1 is 0.839 bits per heavy atom. The first-order valence-electron chi connectivity index (χ1n) is 10.3. The maximum Gasteiger partial charge on any atom is 0.422 e. The molecular formula is C24H23F7. The average molecular weight is 444 g/mol. The van der Waals surface area contributed by atoms with E-state index in [9.17, 15) is 30.7 Å². The minimum absolute atomic E-state index is 0.0444. The van der Waals surface area contributed by atoms with Crippen molar-refractivity contribution in [2.75, 3.05) is 0 Å². The summed E-state index contributed by atoms with van der Waals surface area (Å²) < 4.78 is 93.8. The highest BCUT2D eigenvalue weighted by molar-refractivity contribution is 5.61. The lowest BCUT2D eigenvalue weighted by atomic mass is 9.76. The summed E-state index contributed by atoms with van der Waals surface area (Å²) in [5, 5.41) is 0. The van der Waals surface area contributed by atoms with Crippen molar-refractivity contribution < 1.29 is 30.7 Å². The first kappa shape index (κ1) is 23.4. The van der Waals surface area contributed by atoms with Crippen molar-refractivity contribution in [1.82, 2.24) is 0 Å². The van der Waals surface area contributed by atoms with E-state index in [-0.39, 0.29) is 29.4 Å². The van der Waals surface area contributed by atoms with E-state index in [1.54, 1.807) is 19.1 Å². The largest absolute Gasteiger partial charge is 0.422 e. The highest BCUT2D eigenvalue weighted by Crippen LogP contribution is 2.42. The molecule has 1 saturated carbocycles. The molecule has 0 unspecified atom stereocenters. The van der Waals surface area contributed by atoms with Crippen molar-refractivity contribution >= 4 is 5.83 Å². The molecule has 0 saturated heterocycles. The summed E-state index contributed by atoms with van der Waals surface area (Å²) in [7, 11) is 0. The van der Waals surface area contributed by atoms with Crippen LogP contribution < -0.4 is 0 Å². The smallest absolute Gasteiger partial charge is 0.209 e. The van der Waals surface area contributed by atoms with Crippen LogP contribution in [0, 0.1) is 11.6 Å². The van der Waals surface area contributed by atoms with Crippen LogP contribution in [0.15, 0.2) is 42.2 Å². The van der Waals surface area contributed by atoms with Crippen LogP contribution in [0.4, 0.5) is 30.7 Å². The van der Waals surface area contributed by atoms with Gasteiger partial charge in [-0.05, 0) is 67.2 Å². The van der Waals surface area contributed by atoms with Crippen molar-refractivity contribution in [3.8, 4) is 0 Å². The lowest BCUT2D eigenvalue weighted by Gasteiger charge is -2.29. The molecule has 0 amide bonds. The van der Waals surface area contributed by atoms with Gasteiger partial charge >= 0.3 is 6.18 Å². The number of alkyl halides is 3. The van der Waals surface area contributed by atoms with E-state index in [0.29, 0.717) is 32.1 Å². The van der Waals surface area contributed by atoms with Crippen LogP contribution >= 0.6 is 0 Å². The van der Waals surface area contributed by atoms with Crippen molar-refractivity contribution in [2.45, 2.75) is 63.5 Å². The normalized spacial score (nSPS) is 20.5. The molecule has 2 aromatic rings. The molecule has 0 nitrogen and oxygen atoms in total. The van der Waals surface area contributed by atoms with E-state index < -0.39 is 35.0 Å². The van der Waals surface area contributed by atoms with Crippen LogP contribution in [-0.4, -0.2) is 0 Å². The average Bonchev–Trinajstić information content (AvgIpc) is 2.72. The van der Waals surface area contributed by atoms with Crippen LogP contribution in [0.3, 0.4) is 0 Å². The SMILES string of the molecule is CCCC(F)=C(F)c1ccc(C2CCC(c3cc(F)c(C(F)(F)F)c(F)c3)CC2)cc1.